The number of aliphatic hydroxyl groups excluding tert-OH is 2. The maximum Gasteiger partial charge on any atom is 0.222 e. The molecule has 5 heteroatoms. The number of hydrogen-bond acceptors (Lipinski definition) is 5. The molecule has 2 aliphatic rings. The van der Waals surface area contributed by atoms with Crippen molar-refractivity contribution < 1.29 is 24.7 Å². The van der Waals surface area contributed by atoms with Crippen LogP contribution in [-0.2, 0) is 14.5 Å². The van der Waals surface area contributed by atoms with Gasteiger partial charge in [-0.25, -0.2) is 0 Å². The minimum absolute atomic E-state index is 0.801. The fraction of sp³-hybridized carbons (Fsp3) is 1.00. The molecule has 2 rings (SSSR count). The lowest BCUT2D eigenvalue weighted by Gasteiger charge is -2.16. The Labute approximate surface area is 50.7 Å². The third kappa shape index (κ3) is 0.606. The van der Waals surface area contributed by atoms with E-state index in [0.29, 0.717) is 0 Å². The molecule has 52 valence electrons. The minimum atomic E-state index is -0.969. The van der Waals surface area contributed by atoms with Crippen LogP contribution in [0.25, 0.3) is 0 Å². The van der Waals surface area contributed by atoms with Crippen molar-refractivity contribution in [3.63, 3.8) is 0 Å². The average Bonchev–Trinajstić information content (AvgIpc) is 2.37. The second kappa shape index (κ2) is 1.65. The van der Waals surface area contributed by atoms with Crippen LogP contribution < -0.4 is 0 Å². The summed E-state index contributed by atoms with van der Waals surface area (Å²) in [4.78, 5) is 8.80. The van der Waals surface area contributed by atoms with E-state index in [9.17, 15) is 0 Å². The fourth-order valence-corrected chi connectivity index (χ4v) is 0.884. The first kappa shape index (κ1) is 5.57. The first-order valence-corrected chi connectivity index (χ1v) is 2.63. The van der Waals surface area contributed by atoms with Crippen molar-refractivity contribution in [1.29, 1.82) is 0 Å². The highest BCUT2D eigenvalue weighted by molar-refractivity contribution is 4.83. The van der Waals surface area contributed by atoms with Crippen molar-refractivity contribution in [1.82, 2.24) is 0 Å². The molecule has 0 aliphatic carbocycles. The lowest BCUT2D eigenvalue weighted by molar-refractivity contribution is -0.353. The zero-order valence-corrected chi connectivity index (χ0v) is 4.43. The Balaban J connectivity index is 2.15. The van der Waals surface area contributed by atoms with Crippen molar-refractivity contribution in [2.75, 3.05) is 0 Å². The van der Waals surface area contributed by atoms with Crippen LogP contribution in [0.2, 0.25) is 0 Å². The molecule has 0 spiro atoms. The number of aliphatic hydroxyl groups is 2. The molecule has 4 atom stereocenters. The number of rotatable bonds is 0. The molecule has 0 radical (unpaired) electrons. The smallest absolute Gasteiger partial charge is 0.222 e. The van der Waals surface area contributed by atoms with Crippen molar-refractivity contribution in [3.8, 4) is 0 Å². The van der Waals surface area contributed by atoms with Crippen LogP contribution in [0.15, 0.2) is 0 Å². The zero-order valence-electron chi connectivity index (χ0n) is 4.43. The quantitative estimate of drug-likeness (QED) is 0.388. The van der Waals surface area contributed by atoms with Crippen molar-refractivity contribution in [2.45, 2.75) is 24.8 Å². The van der Waals surface area contributed by atoms with E-state index in [2.05, 4.69) is 9.78 Å². The predicted octanol–water partition coefficient (Wildman–Crippen LogP) is -1.65. The average molecular weight is 134 g/mol. The topological polar surface area (TPSA) is 68.2 Å². The molecular formula is C4H6O5. The molecular weight excluding hydrogens is 128 g/mol. The summed E-state index contributed by atoms with van der Waals surface area (Å²) in [6.07, 6.45) is -3.54. The van der Waals surface area contributed by atoms with E-state index in [1.54, 1.807) is 0 Å². The highest BCUT2D eigenvalue weighted by Gasteiger charge is 2.51. The number of fused-ring (bicyclic) bond motifs is 2. The van der Waals surface area contributed by atoms with Crippen molar-refractivity contribution in [2.24, 2.45) is 0 Å². The second-order valence-electron chi connectivity index (χ2n) is 2.05. The van der Waals surface area contributed by atoms with Gasteiger partial charge in [0.1, 0.15) is 12.2 Å². The fourth-order valence-electron chi connectivity index (χ4n) is 0.884. The zero-order chi connectivity index (χ0) is 6.43. The number of ether oxygens (including phenoxy) is 1. The van der Waals surface area contributed by atoms with Crippen LogP contribution in [0.5, 0.6) is 0 Å². The normalized spacial score (nSPS) is 56.7. The van der Waals surface area contributed by atoms with Gasteiger partial charge in [0, 0.05) is 0 Å². The van der Waals surface area contributed by atoms with E-state index in [1.807, 2.05) is 0 Å². The van der Waals surface area contributed by atoms with Crippen molar-refractivity contribution in [3.05, 3.63) is 0 Å². The molecule has 0 aromatic carbocycles. The monoisotopic (exact) mass is 134 g/mol. The molecule has 2 aliphatic heterocycles. The Morgan fingerprint density at radius 2 is 1.33 bits per heavy atom. The molecule has 0 aromatic heterocycles. The molecule has 2 fully saturated rings. The van der Waals surface area contributed by atoms with Gasteiger partial charge in [-0.2, -0.15) is 9.78 Å². The predicted molar refractivity (Wildman–Crippen MR) is 22.8 cm³/mol. The highest BCUT2D eigenvalue weighted by Crippen LogP contribution is 2.29. The lowest BCUT2D eigenvalue weighted by Crippen LogP contribution is -2.38. The third-order valence-electron chi connectivity index (χ3n) is 1.42. The molecule has 0 amide bonds. The van der Waals surface area contributed by atoms with E-state index in [-0.39, 0.29) is 0 Å². The van der Waals surface area contributed by atoms with Gasteiger partial charge >= 0.3 is 0 Å². The molecule has 2 saturated heterocycles. The van der Waals surface area contributed by atoms with Gasteiger partial charge in [0.15, 0.2) is 0 Å². The molecule has 0 aromatic rings. The maximum atomic E-state index is 8.91. The van der Waals surface area contributed by atoms with E-state index >= 15 is 0 Å². The highest BCUT2D eigenvalue weighted by atomic mass is 17.3. The van der Waals surface area contributed by atoms with Crippen LogP contribution >= 0.6 is 0 Å². The Kier molecular flexibility index (Phi) is 1.02. The summed E-state index contributed by atoms with van der Waals surface area (Å²) in [5.41, 5.74) is 0. The van der Waals surface area contributed by atoms with Crippen LogP contribution in [0.4, 0.5) is 0 Å². The third-order valence-corrected chi connectivity index (χ3v) is 1.42. The second-order valence-corrected chi connectivity index (χ2v) is 2.05. The van der Waals surface area contributed by atoms with Crippen LogP contribution in [0.3, 0.4) is 0 Å². The molecule has 5 nitrogen and oxygen atoms in total. The van der Waals surface area contributed by atoms with Gasteiger partial charge in [-0.3, -0.25) is 0 Å². The molecule has 4 unspecified atom stereocenters. The molecule has 2 N–H and O–H groups in total. The minimum Gasteiger partial charge on any atom is -0.385 e. The lowest BCUT2D eigenvalue weighted by atomic mass is 10.2. The van der Waals surface area contributed by atoms with E-state index in [0.717, 1.165) is 0 Å². The Morgan fingerprint density at radius 1 is 0.889 bits per heavy atom. The van der Waals surface area contributed by atoms with E-state index < -0.39 is 24.8 Å². The van der Waals surface area contributed by atoms with Crippen LogP contribution in [0.1, 0.15) is 0 Å². The largest absolute Gasteiger partial charge is 0.385 e. The van der Waals surface area contributed by atoms with Gasteiger partial charge in [0.05, 0.1) is 0 Å². The van der Waals surface area contributed by atoms with Crippen LogP contribution in [-0.4, -0.2) is 35.0 Å². The standard InChI is InChI=1S/C4H6O5/c5-1-2(6)4-7-3(1)8-9-4/h1-6H. The summed E-state index contributed by atoms with van der Waals surface area (Å²) in [6.45, 7) is 0. The van der Waals surface area contributed by atoms with Gasteiger partial charge in [0.25, 0.3) is 0 Å². The van der Waals surface area contributed by atoms with E-state index in [4.69, 9.17) is 14.9 Å². The Bertz CT molecular complexity index is 108. The Morgan fingerprint density at radius 3 is 1.56 bits per heavy atom. The molecule has 9 heavy (non-hydrogen) atoms. The first-order valence-electron chi connectivity index (χ1n) is 2.63. The van der Waals surface area contributed by atoms with E-state index in [1.165, 1.54) is 0 Å². The van der Waals surface area contributed by atoms with Crippen molar-refractivity contribution >= 4 is 0 Å². The van der Waals surface area contributed by atoms with Gasteiger partial charge in [0.2, 0.25) is 12.6 Å². The van der Waals surface area contributed by atoms with Gasteiger partial charge in [-0.1, -0.05) is 0 Å². The summed E-state index contributed by atoms with van der Waals surface area (Å²) in [5.74, 6) is 0. The summed E-state index contributed by atoms with van der Waals surface area (Å²) >= 11 is 0. The SMILES string of the molecule is OC1C2OOC(O2)C1O. The molecule has 0 saturated carbocycles. The summed E-state index contributed by atoms with van der Waals surface area (Å²) < 4.78 is 4.75. The Hall–Kier alpha value is -0.200. The first-order chi connectivity index (χ1) is 4.29. The summed E-state index contributed by atoms with van der Waals surface area (Å²) in [7, 11) is 0. The summed E-state index contributed by atoms with van der Waals surface area (Å²) in [5, 5.41) is 17.8. The van der Waals surface area contributed by atoms with Gasteiger partial charge in [-0.05, 0) is 0 Å². The maximum absolute atomic E-state index is 8.91. The molecule has 2 bridgehead atoms. The summed E-state index contributed by atoms with van der Waals surface area (Å²) in [6, 6.07) is 0. The van der Waals surface area contributed by atoms with Crippen LogP contribution in [0, 0.1) is 0 Å². The van der Waals surface area contributed by atoms with Gasteiger partial charge in [-0.15, -0.1) is 0 Å². The molecule has 2 heterocycles. The number of hydrogen-bond donors (Lipinski definition) is 2. The van der Waals surface area contributed by atoms with Gasteiger partial charge < -0.3 is 14.9 Å².